The molecule has 2 aromatic heterocycles. The molecular formula is C28H28N2O3S2. The van der Waals surface area contributed by atoms with Gasteiger partial charge in [0.1, 0.15) is 5.75 Å². The minimum absolute atomic E-state index is 0.267. The van der Waals surface area contributed by atoms with Crippen molar-refractivity contribution in [3.63, 3.8) is 0 Å². The van der Waals surface area contributed by atoms with Crippen LogP contribution in [0.25, 0.3) is 31.1 Å². The van der Waals surface area contributed by atoms with Gasteiger partial charge in [-0.2, -0.15) is 0 Å². The lowest BCUT2D eigenvalue weighted by Crippen LogP contribution is -2.34. The lowest BCUT2D eigenvalue weighted by atomic mass is 9.88. The number of thiophene rings is 2. The third kappa shape index (κ3) is 4.73. The van der Waals surface area contributed by atoms with Crippen molar-refractivity contribution in [1.82, 2.24) is 0 Å². The van der Waals surface area contributed by atoms with Crippen molar-refractivity contribution in [2.75, 3.05) is 24.6 Å². The maximum absolute atomic E-state index is 11.2. The molecule has 0 fully saturated rings. The van der Waals surface area contributed by atoms with Crippen molar-refractivity contribution in [1.29, 1.82) is 0 Å². The van der Waals surface area contributed by atoms with E-state index in [9.17, 15) is 4.79 Å². The summed E-state index contributed by atoms with van der Waals surface area (Å²) < 4.78 is 6.49. The van der Waals surface area contributed by atoms with Gasteiger partial charge in [0.25, 0.3) is 5.70 Å². The van der Waals surface area contributed by atoms with Crippen LogP contribution in [0.15, 0.2) is 36.0 Å². The number of aryl methyl sites for hydroxylation is 1. The van der Waals surface area contributed by atoms with Gasteiger partial charge in [0.05, 0.1) is 13.2 Å². The Morgan fingerprint density at radius 2 is 1.89 bits per heavy atom. The molecule has 180 valence electrons. The maximum atomic E-state index is 11.2. The molecule has 2 aliphatic heterocycles. The molecule has 0 bridgehead atoms. The maximum Gasteiger partial charge on any atom is 0.333 e. The van der Waals surface area contributed by atoms with Crippen molar-refractivity contribution in [2.45, 2.75) is 45.4 Å². The number of carboxylic acids is 1. The molecule has 0 radical (unpaired) electrons. The van der Waals surface area contributed by atoms with Gasteiger partial charge in [0.2, 0.25) is 0 Å². The Morgan fingerprint density at radius 1 is 1.14 bits per heavy atom. The number of benzene rings is 1. The van der Waals surface area contributed by atoms with E-state index in [4.69, 9.17) is 16.4 Å². The summed E-state index contributed by atoms with van der Waals surface area (Å²) in [5.41, 5.74) is 5.20. The van der Waals surface area contributed by atoms with Crippen molar-refractivity contribution >= 4 is 40.4 Å². The summed E-state index contributed by atoms with van der Waals surface area (Å²) in [4.78, 5) is 21.0. The zero-order valence-corrected chi connectivity index (χ0v) is 21.4. The van der Waals surface area contributed by atoms with Gasteiger partial charge < -0.3 is 14.7 Å². The topological polar surface area (TPSA) is 54.1 Å². The molecule has 0 spiro atoms. The van der Waals surface area contributed by atoms with Crippen LogP contribution in [0.4, 0.5) is 5.69 Å². The standard InChI is InChI=1S/C28H28N2O3S2/c1-3-4-15-33-27-20-8-6-14-30-13-5-7-18(26(20)30)16-21(27)23-11-12-25(35-23)24-10-9-19(34-24)17-22(29-2)28(31)32/h9-12,16-17H,3-8,13-15H2,1H3,(H,31,32). The van der Waals surface area contributed by atoms with Gasteiger partial charge >= 0.3 is 5.97 Å². The van der Waals surface area contributed by atoms with Crippen LogP contribution in [0.1, 0.15) is 48.6 Å². The first kappa shape index (κ1) is 23.7. The summed E-state index contributed by atoms with van der Waals surface area (Å²) in [5.74, 6) is -0.131. The minimum atomic E-state index is -1.20. The number of carbonyl (C=O) groups is 1. The van der Waals surface area contributed by atoms with E-state index in [2.05, 4.69) is 34.9 Å². The van der Waals surface area contributed by atoms with Gasteiger partial charge in [0.15, 0.2) is 0 Å². The Hall–Kier alpha value is -3.08. The van der Waals surface area contributed by atoms with E-state index >= 15 is 0 Å². The number of hydrogen-bond donors (Lipinski definition) is 1. The van der Waals surface area contributed by atoms with Crippen LogP contribution in [0.3, 0.4) is 0 Å². The Morgan fingerprint density at radius 3 is 2.66 bits per heavy atom. The van der Waals surface area contributed by atoms with Crippen molar-refractivity contribution in [2.24, 2.45) is 0 Å². The molecular weight excluding hydrogens is 476 g/mol. The second-order valence-corrected chi connectivity index (χ2v) is 11.1. The fourth-order valence-electron chi connectivity index (χ4n) is 4.95. The molecule has 5 rings (SSSR count). The Labute approximate surface area is 214 Å². The second kappa shape index (κ2) is 10.3. The van der Waals surface area contributed by atoms with Crippen LogP contribution in [-0.2, 0) is 17.6 Å². The molecule has 0 amide bonds. The lowest BCUT2D eigenvalue weighted by molar-refractivity contribution is -0.132. The molecule has 0 unspecified atom stereocenters. The molecule has 0 atom stereocenters. The number of unbranched alkanes of at least 4 members (excludes halogenated alkanes) is 1. The molecule has 0 aliphatic carbocycles. The van der Waals surface area contributed by atoms with Crippen molar-refractivity contribution in [3.8, 4) is 25.9 Å². The Kier molecular flexibility index (Phi) is 6.94. The highest BCUT2D eigenvalue weighted by molar-refractivity contribution is 7.24. The number of aliphatic carboxylic acids is 1. The predicted octanol–water partition coefficient (Wildman–Crippen LogP) is 7.37. The van der Waals surface area contributed by atoms with E-state index < -0.39 is 5.97 Å². The van der Waals surface area contributed by atoms with Crippen LogP contribution in [-0.4, -0.2) is 30.8 Å². The summed E-state index contributed by atoms with van der Waals surface area (Å²) >= 11 is 3.25. The van der Waals surface area contributed by atoms with E-state index in [0.29, 0.717) is 0 Å². The summed E-state index contributed by atoms with van der Waals surface area (Å²) in [6.45, 7) is 12.3. The van der Waals surface area contributed by atoms with Gasteiger partial charge in [-0.05, 0) is 74.1 Å². The van der Waals surface area contributed by atoms with Crippen molar-refractivity contribution < 1.29 is 14.6 Å². The highest BCUT2D eigenvalue weighted by Crippen LogP contribution is 2.48. The van der Waals surface area contributed by atoms with Crippen LogP contribution in [0.5, 0.6) is 5.75 Å². The highest BCUT2D eigenvalue weighted by Gasteiger charge is 2.29. The van der Waals surface area contributed by atoms with E-state index in [-0.39, 0.29) is 5.70 Å². The Bertz CT molecular complexity index is 1330. The number of nitrogens with zero attached hydrogens (tertiary/aromatic N) is 2. The monoisotopic (exact) mass is 504 g/mol. The highest BCUT2D eigenvalue weighted by atomic mass is 32.1. The minimum Gasteiger partial charge on any atom is -0.493 e. The average molecular weight is 505 g/mol. The second-order valence-electron chi connectivity index (χ2n) is 8.95. The number of hydrogen-bond acceptors (Lipinski definition) is 5. The summed E-state index contributed by atoms with van der Waals surface area (Å²) in [6, 6.07) is 10.6. The first-order chi connectivity index (χ1) is 17.1. The normalized spacial score (nSPS) is 15.0. The molecule has 4 heterocycles. The third-order valence-electron chi connectivity index (χ3n) is 6.58. The zero-order valence-electron chi connectivity index (χ0n) is 19.8. The van der Waals surface area contributed by atoms with Crippen LogP contribution in [0.2, 0.25) is 0 Å². The molecule has 0 saturated carbocycles. The zero-order chi connectivity index (χ0) is 24.4. The Balaban J connectivity index is 1.52. The van der Waals surface area contributed by atoms with E-state index in [0.717, 1.165) is 65.8 Å². The van der Waals surface area contributed by atoms with Gasteiger partial charge in [-0.1, -0.05) is 13.3 Å². The van der Waals surface area contributed by atoms with E-state index in [1.807, 2.05) is 12.1 Å². The fourth-order valence-corrected chi connectivity index (χ4v) is 7.01. The van der Waals surface area contributed by atoms with Crippen LogP contribution in [0, 0.1) is 6.57 Å². The fraction of sp³-hybridized carbons (Fsp3) is 0.357. The number of ether oxygens (including phenoxy) is 1. The van der Waals surface area contributed by atoms with Crippen LogP contribution >= 0.6 is 22.7 Å². The molecule has 5 nitrogen and oxygen atoms in total. The van der Waals surface area contributed by atoms with Gasteiger partial charge in [-0.3, -0.25) is 4.79 Å². The smallest absolute Gasteiger partial charge is 0.333 e. The summed E-state index contributed by atoms with van der Waals surface area (Å²) in [5, 5.41) is 9.15. The third-order valence-corrected chi connectivity index (χ3v) is 8.92. The summed E-state index contributed by atoms with van der Waals surface area (Å²) in [6.07, 6.45) is 8.15. The largest absolute Gasteiger partial charge is 0.493 e. The number of anilines is 1. The predicted molar refractivity (Wildman–Crippen MR) is 145 cm³/mol. The van der Waals surface area contributed by atoms with Crippen LogP contribution < -0.4 is 9.64 Å². The number of carboxylic acid groups (broad SMARTS) is 1. The van der Waals surface area contributed by atoms with Gasteiger partial charge in [-0.15, -0.1) is 22.7 Å². The summed E-state index contributed by atoms with van der Waals surface area (Å²) in [7, 11) is 0. The molecule has 3 aromatic rings. The van der Waals surface area contributed by atoms with Crippen molar-refractivity contribution in [3.05, 3.63) is 63.5 Å². The lowest BCUT2D eigenvalue weighted by Gasteiger charge is -2.38. The quantitative estimate of drug-likeness (QED) is 0.198. The van der Waals surface area contributed by atoms with E-state index in [1.165, 1.54) is 57.5 Å². The molecule has 0 saturated heterocycles. The first-order valence-corrected chi connectivity index (χ1v) is 13.8. The van der Waals surface area contributed by atoms with E-state index in [1.54, 1.807) is 11.3 Å². The van der Waals surface area contributed by atoms with Gasteiger partial charge in [-0.25, -0.2) is 4.85 Å². The molecule has 1 N–H and O–H groups in total. The molecule has 2 aliphatic rings. The first-order valence-electron chi connectivity index (χ1n) is 12.2. The molecule has 35 heavy (non-hydrogen) atoms. The average Bonchev–Trinajstić information content (AvgIpc) is 3.53. The molecule has 1 aromatic carbocycles. The van der Waals surface area contributed by atoms with Gasteiger partial charge in [0, 0.05) is 49.4 Å². The number of rotatable bonds is 8. The SMILES string of the molecule is [C-]#[N+]C(=Cc1ccc(-c2ccc(-c3cc4c5c(c3OCCCC)CCCN5CCC4)s2)s1)C(=O)O. The molecule has 7 heteroatoms.